The molecular weight excluding hydrogens is 254 g/mol. The van der Waals surface area contributed by atoms with Gasteiger partial charge in [0.15, 0.2) is 0 Å². The van der Waals surface area contributed by atoms with Gasteiger partial charge in [0, 0.05) is 36.1 Å². The highest BCUT2D eigenvalue weighted by atomic mass is 79.9. The minimum atomic E-state index is 0.265. The van der Waals surface area contributed by atoms with Crippen LogP contribution in [0.15, 0.2) is 22.7 Å². The number of carbonyl (C=O) groups is 1. The van der Waals surface area contributed by atoms with Crippen LogP contribution in [0.5, 0.6) is 0 Å². The second kappa shape index (κ2) is 3.97. The molecular formula is C12H14BrNO. The average molecular weight is 268 g/mol. The largest absolute Gasteiger partial charge is 0.374 e. The van der Waals surface area contributed by atoms with Gasteiger partial charge in [0.25, 0.3) is 0 Å². The van der Waals surface area contributed by atoms with Gasteiger partial charge in [-0.25, -0.2) is 0 Å². The van der Waals surface area contributed by atoms with E-state index in [2.05, 4.69) is 40.0 Å². The maximum Gasteiger partial charge on any atom is 0.130 e. The molecule has 0 N–H and O–H groups in total. The Balaban J connectivity index is 2.35. The molecule has 0 spiro atoms. The molecule has 1 aromatic carbocycles. The molecule has 1 aliphatic rings. The molecule has 1 aliphatic heterocycles. The molecule has 2 rings (SSSR count). The van der Waals surface area contributed by atoms with Crippen LogP contribution in [-0.4, -0.2) is 19.4 Å². The Hall–Kier alpha value is -0.830. The molecule has 0 amide bonds. The number of fused-ring (bicyclic) bond motifs is 1. The smallest absolute Gasteiger partial charge is 0.130 e. The Morgan fingerprint density at radius 3 is 3.00 bits per heavy atom. The van der Waals surface area contributed by atoms with E-state index in [0.29, 0.717) is 12.3 Å². The highest BCUT2D eigenvalue weighted by Gasteiger charge is 2.27. The second-order valence-electron chi connectivity index (χ2n) is 4.19. The fourth-order valence-electron chi connectivity index (χ4n) is 2.25. The Morgan fingerprint density at radius 1 is 1.60 bits per heavy atom. The number of benzene rings is 1. The zero-order valence-electron chi connectivity index (χ0n) is 8.96. The van der Waals surface area contributed by atoms with E-state index >= 15 is 0 Å². The van der Waals surface area contributed by atoms with Crippen molar-refractivity contribution in [3.63, 3.8) is 0 Å². The Morgan fingerprint density at radius 2 is 2.33 bits per heavy atom. The molecule has 1 heterocycles. The standard InChI is InChI=1S/C12H14BrNO/c1-8(15)5-9-7-14(2)12-4-3-10(13)6-11(9)12/h3-4,6,9H,5,7H2,1-2H3. The Labute approximate surface area is 98.4 Å². The van der Waals surface area contributed by atoms with Crippen LogP contribution in [0.3, 0.4) is 0 Å². The normalized spacial score (nSPS) is 19.1. The van der Waals surface area contributed by atoms with Gasteiger partial charge in [0.1, 0.15) is 5.78 Å². The van der Waals surface area contributed by atoms with Gasteiger partial charge in [0.05, 0.1) is 0 Å². The lowest BCUT2D eigenvalue weighted by Gasteiger charge is -2.11. The van der Waals surface area contributed by atoms with Crippen LogP contribution in [0, 0.1) is 0 Å². The van der Waals surface area contributed by atoms with Crippen LogP contribution in [0.25, 0.3) is 0 Å². The third kappa shape index (κ3) is 2.07. The average Bonchev–Trinajstić information content (AvgIpc) is 2.42. The van der Waals surface area contributed by atoms with Crippen molar-refractivity contribution in [2.75, 3.05) is 18.5 Å². The number of hydrogen-bond acceptors (Lipinski definition) is 2. The molecule has 1 unspecified atom stereocenters. The van der Waals surface area contributed by atoms with E-state index in [9.17, 15) is 4.79 Å². The minimum absolute atomic E-state index is 0.265. The summed E-state index contributed by atoms with van der Waals surface area (Å²) >= 11 is 3.48. The van der Waals surface area contributed by atoms with Crippen molar-refractivity contribution in [2.24, 2.45) is 0 Å². The van der Waals surface area contributed by atoms with Crippen LogP contribution >= 0.6 is 15.9 Å². The summed E-state index contributed by atoms with van der Waals surface area (Å²) < 4.78 is 1.09. The highest BCUT2D eigenvalue weighted by molar-refractivity contribution is 9.10. The second-order valence-corrected chi connectivity index (χ2v) is 5.10. The molecule has 0 fully saturated rings. The van der Waals surface area contributed by atoms with Crippen molar-refractivity contribution in [3.8, 4) is 0 Å². The summed E-state index contributed by atoms with van der Waals surface area (Å²) in [6.45, 7) is 2.61. The quantitative estimate of drug-likeness (QED) is 0.821. The van der Waals surface area contributed by atoms with Gasteiger partial charge >= 0.3 is 0 Å². The zero-order valence-corrected chi connectivity index (χ0v) is 10.5. The molecule has 2 nitrogen and oxygen atoms in total. The predicted molar refractivity (Wildman–Crippen MR) is 65.5 cm³/mol. The predicted octanol–water partition coefficient (Wildman–Crippen LogP) is 2.96. The number of anilines is 1. The molecule has 0 aromatic heterocycles. The van der Waals surface area contributed by atoms with E-state index in [0.717, 1.165) is 11.0 Å². The van der Waals surface area contributed by atoms with Crippen molar-refractivity contribution in [1.29, 1.82) is 0 Å². The summed E-state index contributed by atoms with van der Waals surface area (Å²) in [5, 5.41) is 0. The summed E-state index contributed by atoms with van der Waals surface area (Å²) in [7, 11) is 2.08. The summed E-state index contributed by atoms with van der Waals surface area (Å²) in [4.78, 5) is 13.4. The maximum absolute atomic E-state index is 11.2. The van der Waals surface area contributed by atoms with Gasteiger partial charge in [-0.1, -0.05) is 15.9 Å². The fraction of sp³-hybridized carbons (Fsp3) is 0.417. The number of nitrogens with zero attached hydrogens (tertiary/aromatic N) is 1. The first-order chi connectivity index (χ1) is 7.08. The van der Waals surface area contributed by atoms with E-state index < -0.39 is 0 Å². The van der Waals surface area contributed by atoms with Crippen LogP contribution in [0.4, 0.5) is 5.69 Å². The minimum Gasteiger partial charge on any atom is -0.374 e. The summed E-state index contributed by atoms with van der Waals surface area (Å²) in [6.07, 6.45) is 0.647. The number of ketones is 1. The first-order valence-electron chi connectivity index (χ1n) is 5.08. The third-order valence-corrected chi connectivity index (χ3v) is 3.36. The lowest BCUT2D eigenvalue weighted by molar-refractivity contribution is -0.117. The number of Topliss-reactive ketones (excluding diaryl/α,β-unsaturated/α-hetero) is 1. The number of halogens is 1. The molecule has 1 atom stereocenters. The molecule has 0 aliphatic carbocycles. The number of rotatable bonds is 2. The van der Waals surface area contributed by atoms with Crippen molar-refractivity contribution in [2.45, 2.75) is 19.3 Å². The van der Waals surface area contributed by atoms with Gasteiger partial charge in [-0.15, -0.1) is 0 Å². The van der Waals surface area contributed by atoms with Crippen LogP contribution < -0.4 is 4.90 Å². The molecule has 0 radical (unpaired) electrons. The lowest BCUT2D eigenvalue weighted by atomic mass is 9.96. The van der Waals surface area contributed by atoms with Crippen molar-refractivity contribution >= 4 is 27.4 Å². The van der Waals surface area contributed by atoms with Crippen LogP contribution in [-0.2, 0) is 4.79 Å². The number of carbonyl (C=O) groups excluding carboxylic acids is 1. The SMILES string of the molecule is CC(=O)CC1CN(C)c2ccc(Br)cc21. The molecule has 15 heavy (non-hydrogen) atoms. The Kier molecular flexibility index (Phi) is 2.83. The van der Waals surface area contributed by atoms with Crippen LogP contribution in [0.2, 0.25) is 0 Å². The fourth-order valence-corrected chi connectivity index (χ4v) is 2.63. The van der Waals surface area contributed by atoms with E-state index in [1.165, 1.54) is 11.3 Å². The van der Waals surface area contributed by atoms with Gasteiger partial charge in [-0.3, -0.25) is 0 Å². The van der Waals surface area contributed by atoms with Gasteiger partial charge in [-0.2, -0.15) is 0 Å². The van der Waals surface area contributed by atoms with Crippen molar-refractivity contribution in [1.82, 2.24) is 0 Å². The van der Waals surface area contributed by atoms with E-state index in [-0.39, 0.29) is 5.78 Å². The van der Waals surface area contributed by atoms with E-state index in [1.54, 1.807) is 6.92 Å². The van der Waals surface area contributed by atoms with Crippen molar-refractivity contribution < 1.29 is 4.79 Å². The topological polar surface area (TPSA) is 20.3 Å². The van der Waals surface area contributed by atoms with E-state index in [1.807, 2.05) is 6.07 Å². The monoisotopic (exact) mass is 267 g/mol. The van der Waals surface area contributed by atoms with E-state index in [4.69, 9.17) is 0 Å². The summed E-state index contributed by atoms with van der Waals surface area (Å²) in [6, 6.07) is 6.29. The lowest BCUT2D eigenvalue weighted by Crippen LogP contribution is -2.16. The molecule has 0 bridgehead atoms. The molecule has 0 saturated heterocycles. The third-order valence-electron chi connectivity index (χ3n) is 2.87. The number of hydrogen-bond donors (Lipinski definition) is 0. The molecule has 1 aromatic rings. The molecule has 3 heteroatoms. The number of likely N-dealkylation sites (N-methyl/N-ethyl adjacent to an activating group) is 1. The van der Waals surface area contributed by atoms with Gasteiger partial charge < -0.3 is 9.69 Å². The molecule has 80 valence electrons. The Bertz CT molecular complexity index is 403. The van der Waals surface area contributed by atoms with Crippen LogP contribution in [0.1, 0.15) is 24.8 Å². The zero-order chi connectivity index (χ0) is 11.0. The van der Waals surface area contributed by atoms with Crippen molar-refractivity contribution in [3.05, 3.63) is 28.2 Å². The first-order valence-corrected chi connectivity index (χ1v) is 5.87. The van der Waals surface area contributed by atoms with Gasteiger partial charge in [-0.05, 0) is 30.7 Å². The van der Waals surface area contributed by atoms with Gasteiger partial charge in [0.2, 0.25) is 0 Å². The summed E-state index contributed by atoms with van der Waals surface area (Å²) in [5.41, 5.74) is 2.55. The first kappa shape index (κ1) is 10.7. The summed E-state index contributed by atoms with van der Waals surface area (Å²) in [5.74, 6) is 0.626. The molecule has 0 saturated carbocycles. The maximum atomic E-state index is 11.2. The highest BCUT2D eigenvalue weighted by Crippen LogP contribution is 2.38.